The van der Waals surface area contributed by atoms with Crippen LogP contribution in [0.3, 0.4) is 0 Å². The van der Waals surface area contributed by atoms with Crippen LogP contribution in [0.1, 0.15) is 0 Å². The summed E-state index contributed by atoms with van der Waals surface area (Å²) in [5, 5.41) is 0.603. The minimum atomic E-state index is -0.223. The molecule has 0 fully saturated rings. The molecule has 0 saturated carbocycles. The molecule has 0 aliphatic rings. The predicted molar refractivity (Wildman–Crippen MR) is 69.9 cm³/mol. The number of hydrogen-bond donors (Lipinski definition) is 1. The average Bonchev–Trinajstić information content (AvgIpc) is 2.22. The van der Waals surface area contributed by atoms with Gasteiger partial charge in [0.05, 0.1) is 5.69 Å². The van der Waals surface area contributed by atoms with Crippen molar-refractivity contribution in [3.63, 3.8) is 0 Å². The first kappa shape index (κ1) is 11.6. The summed E-state index contributed by atoms with van der Waals surface area (Å²) in [5.41, 5.74) is 0.563. The highest BCUT2D eigenvalue weighted by molar-refractivity contribution is 9.10. The van der Waals surface area contributed by atoms with Crippen molar-refractivity contribution in [3.8, 4) is 5.69 Å². The molecule has 0 saturated heterocycles. The molecule has 0 aliphatic carbocycles. The van der Waals surface area contributed by atoms with E-state index in [1.54, 1.807) is 22.9 Å². The van der Waals surface area contributed by atoms with Crippen molar-refractivity contribution in [2.45, 2.75) is 0 Å². The lowest BCUT2D eigenvalue weighted by Gasteiger charge is -2.08. The molecule has 6 heteroatoms. The normalized spacial score (nSPS) is 10.4. The summed E-state index contributed by atoms with van der Waals surface area (Å²) in [6, 6.07) is 6.76. The topological polar surface area (TPSA) is 37.8 Å². The number of nitrogens with one attached hydrogen (secondary N) is 1. The van der Waals surface area contributed by atoms with Gasteiger partial charge in [-0.05, 0) is 46.3 Å². The second-order valence-electron chi connectivity index (χ2n) is 3.08. The fourth-order valence-electron chi connectivity index (χ4n) is 1.28. The van der Waals surface area contributed by atoms with Gasteiger partial charge in [0.1, 0.15) is 0 Å². The summed E-state index contributed by atoms with van der Waals surface area (Å²) in [5.74, 6) is 0. The van der Waals surface area contributed by atoms with Crippen molar-refractivity contribution < 1.29 is 0 Å². The number of aromatic nitrogens is 2. The van der Waals surface area contributed by atoms with Crippen LogP contribution in [-0.2, 0) is 0 Å². The Labute approximate surface area is 110 Å². The van der Waals surface area contributed by atoms with Gasteiger partial charge < -0.3 is 0 Å². The van der Waals surface area contributed by atoms with E-state index in [2.05, 4.69) is 20.9 Å². The maximum atomic E-state index is 11.1. The Morgan fingerprint density at radius 2 is 2.12 bits per heavy atom. The van der Waals surface area contributed by atoms with Crippen LogP contribution in [0.25, 0.3) is 5.69 Å². The first-order chi connectivity index (χ1) is 7.58. The highest BCUT2D eigenvalue weighted by Crippen LogP contribution is 2.24. The van der Waals surface area contributed by atoms with Crippen molar-refractivity contribution in [3.05, 3.63) is 55.1 Å². The van der Waals surface area contributed by atoms with Crippen LogP contribution >= 0.6 is 39.7 Å². The van der Waals surface area contributed by atoms with E-state index in [1.807, 2.05) is 6.07 Å². The number of aromatic amines is 1. The Morgan fingerprint density at radius 1 is 1.38 bits per heavy atom. The molecule has 2 aromatic rings. The first-order valence-corrected chi connectivity index (χ1v) is 5.93. The van der Waals surface area contributed by atoms with Crippen LogP contribution in [0.5, 0.6) is 0 Å². The molecule has 0 amide bonds. The quantitative estimate of drug-likeness (QED) is 0.819. The summed E-state index contributed by atoms with van der Waals surface area (Å²) in [6.45, 7) is 0. The van der Waals surface area contributed by atoms with Gasteiger partial charge in [-0.1, -0.05) is 11.6 Å². The fourth-order valence-corrected chi connectivity index (χ4v) is 2.14. The maximum absolute atomic E-state index is 11.1. The van der Waals surface area contributed by atoms with E-state index in [-0.39, 0.29) is 5.56 Å². The van der Waals surface area contributed by atoms with Gasteiger partial charge in [-0.3, -0.25) is 14.3 Å². The molecular weight excluding hydrogens is 312 g/mol. The van der Waals surface area contributed by atoms with E-state index >= 15 is 0 Å². The van der Waals surface area contributed by atoms with Gasteiger partial charge in [0, 0.05) is 21.8 Å². The minimum absolute atomic E-state index is 0.223. The molecule has 3 nitrogen and oxygen atoms in total. The summed E-state index contributed by atoms with van der Waals surface area (Å²) in [4.78, 5) is 13.6. The molecule has 1 aromatic carbocycles. The third kappa shape index (κ3) is 2.26. The van der Waals surface area contributed by atoms with Crippen LogP contribution in [0, 0.1) is 4.77 Å². The van der Waals surface area contributed by atoms with Crippen LogP contribution in [0.15, 0.2) is 39.7 Å². The minimum Gasteiger partial charge on any atom is -0.299 e. The van der Waals surface area contributed by atoms with Crippen LogP contribution in [-0.4, -0.2) is 9.55 Å². The van der Waals surface area contributed by atoms with Crippen molar-refractivity contribution >= 4 is 39.7 Å². The molecule has 1 heterocycles. The zero-order valence-electron chi connectivity index (χ0n) is 7.91. The van der Waals surface area contributed by atoms with Crippen LogP contribution in [0.4, 0.5) is 0 Å². The first-order valence-electron chi connectivity index (χ1n) is 4.35. The Bertz CT molecular complexity index is 650. The highest BCUT2D eigenvalue weighted by Gasteiger charge is 2.03. The lowest BCUT2D eigenvalue weighted by molar-refractivity contribution is 0.933. The van der Waals surface area contributed by atoms with Gasteiger partial charge in [0.25, 0.3) is 5.56 Å². The Hall–Kier alpha value is -0.910. The van der Waals surface area contributed by atoms with E-state index in [1.165, 1.54) is 6.07 Å². The van der Waals surface area contributed by atoms with E-state index < -0.39 is 0 Å². The van der Waals surface area contributed by atoms with Gasteiger partial charge in [-0.15, -0.1) is 0 Å². The fraction of sp³-hybridized carbons (Fsp3) is 0. The zero-order valence-corrected chi connectivity index (χ0v) is 11.1. The van der Waals surface area contributed by atoms with E-state index in [0.717, 1.165) is 10.2 Å². The molecule has 1 N–H and O–H groups in total. The van der Waals surface area contributed by atoms with Crippen LogP contribution in [0.2, 0.25) is 5.02 Å². The smallest absolute Gasteiger partial charge is 0.251 e. The largest absolute Gasteiger partial charge is 0.299 e. The number of hydrogen-bond acceptors (Lipinski definition) is 2. The van der Waals surface area contributed by atoms with Crippen molar-refractivity contribution in [2.75, 3.05) is 0 Å². The molecule has 16 heavy (non-hydrogen) atoms. The molecule has 82 valence electrons. The summed E-state index contributed by atoms with van der Waals surface area (Å²) >= 11 is 14.4. The van der Waals surface area contributed by atoms with Gasteiger partial charge >= 0.3 is 0 Å². The molecule has 1 aromatic heterocycles. The average molecular weight is 318 g/mol. The predicted octanol–water partition coefficient (Wildman–Crippen LogP) is 3.31. The maximum Gasteiger partial charge on any atom is 0.251 e. The number of rotatable bonds is 1. The monoisotopic (exact) mass is 316 g/mol. The summed E-state index contributed by atoms with van der Waals surface area (Å²) < 4.78 is 2.85. The molecule has 0 spiro atoms. The Morgan fingerprint density at radius 3 is 2.81 bits per heavy atom. The number of H-pyrrole nitrogens is 1. The zero-order chi connectivity index (χ0) is 11.7. The van der Waals surface area contributed by atoms with Gasteiger partial charge in [-0.25, -0.2) is 0 Å². The van der Waals surface area contributed by atoms with Crippen molar-refractivity contribution in [1.29, 1.82) is 0 Å². The van der Waals surface area contributed by atoms with Gasteiger partial charge in [0.2, 0.25) is 0 Å². The highest BCUT2D eigenvalue weighted by atomic mass is 79.9. The lowest BCUT2D eigenvalue weighted by Crippen LogP contribution is -2.10. The summed E-state index contributed by atoms with van der Waals surface area (Å²) in [7, 11) is 0. The summed E-state index contributed by atoms with van der Waals surface area (Å²) in [6.07, 6.45) is 1.61. The van der Waals surface area contributed by atoms with E-state index in [9.17, 15) is 4.79 Å². The number of nitrogens with zero attached hydrogens (tertiary/aromatic N) is 1. The Balaban J connectivity index is 2.72. The number of halogens is 2. The Kier molecular flexibility index (Phi) is 3.28. The molecule has 0 bridgehead atoms. The van der Waals surface area contributed by atoms with Crippen LogP contribution < -0.4 is 5.56 Å². The molecule has 0 atom stereocenters. The third-order valence-corrected chi connectivity index (χ3v) is 3.20. The molecule has 0 aliphatic heterocycles. The molecule has 0 unspecified atom stereocenters. The van der Waals surface area contributed by atoms with E-state index in [0.29, 0.717) is 9.79 Å². The molecular formula is C10H6BrClN2OS. The van der Waals surface area contributed by atoms with Crippen molar-refractivity contribution in [2.24, 2.45) is 0 Å². The molecule has 0 radical (unpaired) electrons. The van der Waals surface area contributed by atoms with E-state index in [4.69, 9.17) is 23.8 Å². The second-order valence-corrected chi connectivity index (χ2v) is 4.75. The lowest BCUT2D eigenvalue weighted by atomic mass is 10.3. The molecule has 2 rings (SSSR count). The second kappa shape index (κ2) is 4.53. The van der Waals surface area contributed by atoms with Gasteiger partial charge in [0.15, 0.2) is 4.77 Å². The third-order valence-electron chi connectivity index (χ3n) is 1.99. The van der Waals surface area contributed by atoms with Crippen molar-refractivity contribution in [1.82, 2.24) is 9.55 Å². The number of benzene rings is 1. The standard InChI is InChI=1S/C10H6BrClN2OS/c11-7-2-1-6(12)5-8(7)14-4-3-9(15)13-10(14)16/h1-5H,(H,13,15,16). The van der Waals surface area contributed by atoms with Gasteiger partial charge in [-0.2, -0.15) is 0 Å². The SMILES string of the molecule is O=c1ccn(-c2cc(Cl)ccc2Br)c(=S)[nH]1.